The van der Waals surface area contributed by atoms with Crippen molar-refractivity contribution in [3.63, 3.8) is 0 Å². The van der Waals surface area contributed by atoms with E-state index in [9.17, 15) is 4.79 Å². The van der Waals surface area contributed by atoms with E-state index in [-0.39, 0.29) is 5.56 Å². The number of hydrazone groups is 1. The average molecular weight is 241 g/mol. The molecule has 0 aliphatic rings. The summed E-state index contributed by atoms with van der Waals surface area (Å²) in [5.41, 5.74) is 3.25. The molecule has 1 heterocycles. The quantitative estimate of drug-likeness (QED) is 0.483. The van der Waals surface area contributed by atoms with Gasteiger partial charge < -0.3 is 5.84 Å². The third kappa shape index (κ3) is 2.29. The van der Waals surface area contributed by atoms with Crippen molar-refractivity contribution < 1.29 is 0 Å². The Bertz CT molecular complexity index is 641. The van der Waals surface area contributed by atoms with Crippen molar-refractivity contribution in [3.05, 3.63) is 51.8 Å². The molecule has 18 heavy (non-hydrogen) atoms. The fourth-order valence-corrected chi connectivity index (χ4v) is 1.69. The summed E-state index contributed by atoms with van der Waals surface area (Å²) in [6.07, 6.45) is 2.65. The maximum atomic E-state index is 11.4. The van der Waals surface area contributed by atoms with E-state index >= 15 is 0 Å². The topological polar surface area (TPSA) is 73.3 Å². The zero-order valence-corrected chi connectivity index (χ0v) is 10.2. The summed E-state index contributed by atoms with van der Waals surface area (Å²) in [5, 5.41) is 7.59. The Morgan fingerprint density at radius 1 is 1.33 bits per heavy atom. The lowest BCUT2D eigenvalue weighted by Gasteiger charge is -2.06. The van der Waals surface area contributed by atoms with Crippen molar-refractivity contribution in [1.82, 2.24) is 9.78 Å². The van der Waals surface area contributed by atoms with Crippen LogP contribution in [0.4, 0.5) is 0 Å². The predicted octanol–water partition coefficient (Wildman–Crippen LogP) is 0.925. The van der Waals surface area contributed by atoms with Gasteiger partial charge in [0.2, 0.25) is 0 Å². The van der Waals surface area contributed by atoms with Crippen LogP contribution in [0.1, 0.15) is 11.1 Å². The lowest BCUT2D eigenvalue weighted by molar-refractivity contribution is 0.708. The second-order valence-corrected chi connectivity index (χ2v) is 3.96. The number of rotatable bonds is 2. The Balaban J connectivity index is 2.48. The Labute approximate surface area is 105 Å². The smallest absolute Gasteiger partial charge is 0.266 e. The van der Waals surface area contributed by atoms with Crippen LogP contribution in [0.25, 0.3) is 11.3 Å². The Morgan fingerprint density at radius 3 is 2.61 bits per heavy atom. The van der Waals surface area contributed by atoms with Crippen molar-refractivity contribution in [3.8, 4) is 11.3 Å². The summed E-state index contributed by atoms with van der Waals surface area (Å²) in [7, 11) is 1.63. The van der Waals surface area contributed by atoms with Gasteiger partial charge in [0.05, 0.1) is 5.69 Å². The van der Waals surface area contributed by atoms with Crippen LogP contribution in [0, 0.1) is 6.92 Å². The maximum absolute atomic E-state index is 11.4. The van der Waals surface area contributed by atoms with Crippen molar-refractivity contribution >= 4 is 6.21 Å². The first-order valence-electron chi connectivity index (χ1n) is 5.43. The molecule has 0 amide bonds. The summed E-state index contributed by atoms with van der Waals surface area (Å²) >= 11 is 0. The normalized spacial score (nSPS) is 11.0. The fourth-order valence-electron chi connectivity index (χ4n) is 1.69. The van der Waals surface area contributed by atoms with Crippen LogP contribution in [0.3, 0.4) is 0 Å². The number of aromatic nitrogens is 2. The first-order valence-corrected chi connectivity index (χ1v) is 5.43. The van der Waals surface area contributed by atoms with Gasteiger partial charge in [-0.15, -0.1) is 0 Å². The molecular weight excluding hydrogens is 228 g/mol. The van der Waals surface area contributed by atoms with Gasteiger partial charge in [-0.25, -0.2) is 4.68 Å². The number of nitrogens with zero attached hydrogens (tertiary/aromatic N) is 3. The van der Waals surface area contributed by atoms with Gasteiger partial charge in [0.1, 0.15) is 6.21 Å². The molecule has 0 aliphatic carbocycles. The number of nitrogens with two attached hydrogens (primary N) is 1. The third-order valence-electron chi connectivity index (χ3n) is 2.63. The van der Waals surface area contributed by atoms with Gasteiger partial charge in [-0.3, -0.25) is 4.79 Å². The predicted molar refractivity (Wildman–Crippen MR) is 70.4 cm³/mol. The number of aryl methyl sites for hydroxylation is 2. The van der Waals surface area contributed by atoms with Crippen LogP contribution in [0.15, 0.2) is 40.2 Å². The largest absolute Gasteiger partial charge is 0.323 e. The van der Waals surface area contributed by atoms with Crippen LogP contribution < -0.4 is 11.4 Å². The molecule has 1 aromatic carbocycles. The van der Waals surface area contributed by atoms with E-state index in [0.29, 0.717) is 0 Å². The van der Waals surface area contributed by atoms with E-state index in [0.717, 1.165) is 22.4 Å². The molecule has 91 valence electrons. The molecule has 0 spiro atoms. The molecule has 5 heteroatoms. The molecule has 5 nitrogen and oxygen atoms in total. The molecule has 2 rings (SSSR count). The van der Waals surface area contributed by atoms with Crippen molar-refractivity contribution in [2.75, 3.05) is 0 Å². The summed E-state index contributed by atoms with van der Waals surface area (Å²) in [5.74, 6) is 5.03. The zero-order chi connectivity index (χ0) is 13.1. The van der Waals surface area contributed by atoms with E-state index in [1.54, 1.807) is 13.1 Å². The molecule has 0 fully saturated rings. The molecule has 0 atom stereocenters. The third-order valence-corrected chi connectivity index (χ3v) is 2.63. The molecule has 0 saturated heterocycles. The molecule has 2 N–H and O–H groups in total. The second-order valence-electron chi connectivity index (χ2n) is 3.96. The second kappa shape index (κ2) is 4.83. The van der Waals surface area contributed by atoms with Gasteiger partial charge in [0.25, 0.3) is 5.56 Å². The van der Waals surface area contributed by atoms with Crippen molar-refractivity contribution in [2.45, 2.75) is 6.92 Å². The first-order chi connectivity index (χ1) is 8.61. The highest BCUT2D eigenvalue weighted by Crippen LogP contribution is 2.19. The van der Waals surface area contributed by atoms with Gasteiger partial charge in [0, 0.05) is 24.2 Å². The van der Waals surface area contributed by atoms with Gasteiger partial charge in [-0.1, -0.05) is 24.3 Å². The fraction of sp³-hybridized carbons (Fsp3) is 0.154. The zero-order valence-electron chi connectivity index (χ0n) is 10.2. The number of hydrogen-bond acceptors (Lipinski definition) is 4. The van der Waals surface area contributed by atoms with Crippen LogP contribution >= 0.6 is 0 Å². The van der Waals surface area contributed by atoms with E-state index in [4.69, 9.17) is 5.84 Å². The molecule has 0 unspecified atom stereocenters. The highest BCUT2D eigenvalue weighted by atomic mass is 16.1. The standard InChI is InChI=1S/C13H13N4O/c1-9-7-12(18)17(2)16-13(9)11-5-3-10(4-6-11)8-15-14/h3-7H,14H2,1-2H3. The highest BCUT2D eigenvalue weighted by molar-refractivity contribution is 5.80. The lowest BCUT2D eigenvalue weighted by atomic mass is 10.1. The average Bonchev–Trinajstić information content (AvgIpc) is 2.35. The molecule has 0 aliphatic heterocycles. The van der Waals surface area contributed by atoms with Gasteiger partial charge in [-0.05, 0) is 12.5 Å². The summed E-state index contributed by atoms with van der Waals surface area (Å²) in [6, 6.07) is 9.06. The Morgan fingerprint density at radius 2 is 2.00 bits per heavy atom. The lowest BCUT2D eigenvalue weighted by Crippen LogP contribution is -2.19. The molecule has 1 radical (unpaired) electrons. The Kier molecular flexibility index (Phi) is 3.23. The SMILES string of the molecule is Cc1cc(=O)n(C)nc1-c1ccc(/[C]=N/N)cc1. The monoisotopic (exact) mass is 241 g/mol. The van der Waals surface area contributed by atoms with E-state index in [2.05, 4.69) is 16.4 Å². The summed E-state index contributed by atoms with van der Waals surface area (Å²) in [6.45, 7) is 1.87. The maximum Gasteiger partial charge on any atom is 0.266 e. The summed E-state index contributed by atoms with van der Waals surface area (Å²) < 4.78 is 1.32. The van der Waals surface area contributed by atoms with E-state index in [1.807, 2.05) is 31.2 Å². The molecule has 2 aromatic rings. The minimum atomic E-state index is -0.114. The van der Waals surface area contributed by atoms with Crippen LogP contribution in [0.5, 0.6) is 0 Å². The summed E-state index contributed by atoms with van der Waals surface area (Å²) in [4.78, 5) is 11.4. The molecular formula is C13H13N4O. The van der Waals surface area contributed by atoms with Crippen LogP contribution in [0.2, 0.25) is 0 Å². The molecule has 0 saturated carbocycles. The highest BCUT2D eigenvalue weighted by Gasteiger charge is 2.06. The Hall–Kier alpha value is -2.43. The van der Waals surface area contributed by atoms with Crippen molar-refractivity contribution in [1.29, 1.82) is 0 Å². The van der Waals surface area contributed by atoms with Gasteiger partial charge >= 0.3 is 0 Å². The minimum absolute atomic E-state index is 0.114. The van der Waals surface area contributed by atoms with Gasteiger partial charge in [-0.2, -0.15) is 10.2 Å². The van der Waals surface area contributed by atoms with Crippen LogP contribution in [-0.4, -0.2) is 16.0 Å². The molecule has 1 aromatic heterocycles. The minimum Gasteiger partial charge on any atom is -0.323 e. The molecule has 0 bridgehead atoms. The van der Waals surface area contributed by atoms with Crippen LogP contribution in [-0.2, 0) is 7.05 Å². The number of benzene rings is 1. The van der Waals surface area contributed by atoms with Crippen molar-refractivity contribution in [2.24, 2.45) is 18.0 Å². The van der Waals surface area contributed by atoms with Gasteiger partial charge in [0.15, 0.2) is 0 Å². The first kappa shape index (κ1) is 12.0. The number of hydrogen-bond donors (Lipinski definition) is 1. The van der Waals surface area contributed by atoms with E-state index < -0.39 is 0 Å². The van der Waals surface area contributed by atoms with E-state index in [1.165, 1.54) is 4.68 Å².